The first-order chi connectivity index (χ1) is 8.56. The van der Waals surface area contributed by atoms with E-state index >= 15 is 0 Å². The Morgan fingerprint density at radius 1 is 1.39 bits per heavy atom. The van der Waals surface area contributed by atoms with Crippen molar-refractivity contribution in [2.75, 3.05) is 7.05 Å². The topological polar surface area (TPSA) is 53.4 Å². The highest BCUT2D eigenvalue weighted by molar-refractivity contribution is 7.13. The van der Waals surface area contributed by atoms with E-state index in [1.807, 2.05) is 6.92 Å². The molecule has 1 heterocycles. The molecule has 2 rings (SSSR count). The van der Waals surface area contributed by atoms with E-state index in [-0.39, 0.29) is 11.7 Å². The predicted molar refractivity (Wildman–Crippen MR) is 70.8 cm³/mol. The van der Waals surface area contributed by atoms with Crippen LogP contribution in [0.3, 0.4) is 0 Å². The first kappa shape index (κ1) is 12.6. The maximum absolute atomic E-state index is 12.1. The van der Waals surface area contributed by atoms with Gasteiger partial charge in [-0.15, -0.1) is 11.3 Å². The molecule has 0 spiro atoms. The van der Waals surface area contributed by atoms with Crippen molar-refractivity contribution < 1.29 is 9.90 Å². The van der Waals surface area contributed by atoms with Gasteiger partial charge in [0.05, 0.1) is 11.2 Å². The summed E-state index contributed by atoms with van der Waals surface area (Å²) in [5, 5.41) is 10.1. The average molecular weight is 262 g/mol. The van der Waals surface area contributed by atoms with Crippen LogP contribution in [0.4, 0.5) is 0 Å². The first-order valence-electron chi connectivity index (χ1n) is 5.52. The largest absolute Gasteiger partial charge is 0.508 e. The molecule has 18 heavy (non-hydrogen) atoms. The number of rotatable bonds is 3. The summed E-state index contributed by atoms with van der Waals surface area (Å²) in [5.74, 6) is 0.194. The van der Waals surface area contributed by atoms with Crippen molar-refractivity contribution in [3.05, 3.63) is 45.9 Å². The van der Waals surface area contributed by atoms with Gasteiger partial charge in [0.2, 0.25) is 0 Å². The third-order valence-electron chi connectivity index (χ3n) is 2.53. The lowest BCUT2D eigenvalue weighted by atomic mass is 10.2. The van der Waals surface area contributed by atoms with Gasteiger partial charge in [-0.05, 0) is 24.6 Å². The van der Waals surface area contributed by atoms with Crippen molar-refractivity contribution in [1.29, 1.82) is 0 Å². The van der Waals surface area contributed by atoms with Gasteiger partial charge in [-0.2, -0.15) is 0 Å². The molecule has 1 aromatic carbocycles. The van der Waals surface area contributed by atoms with Gasteiger partial charge < -0.3 is 10.0 Å². The van der Waals surface area contributed by atoms with E-state index in [1.54, 1.807) is 42.4 Å². The molecule has 4 nitrogen and oxygen atoms in total. The zero-order chi connectivity index (χ0) is 13.1. The minimum absolute atomic E-state index is 0.0336. The number of phenolic OH excluding ortho intramolecular Hbond substituents is 1. The SMILES string of the molecule is Cc1ncc(C(=O)N(C)Cc2ccc(O)cc2)s1. The number of carbonyl (C=O) groups excluding carboxylic acids is 1. The van der Waals surface area contributed by atoms with E-state index in [9.17, 15) is 9.90 Å². The van der Waals surface area contributed by atoms with Crippen LogP contribution in [0.1, 0.15) is 20.2 Å². The minimum atomic E-state index is -0.0336. The maximum atomic E-state index is 12.1. The molecule has 0 radical (unpaired) electrons. The molecule has 1 amide bonds. The highest BCUT2D eigenvalue weighted by atomic mass is 32.1. The van der Waals surface area contributed by atoms with Crippen LogP contribution in [-0.4, -0.2) is 27.9 Å². The Hall–Kier alpha value is -1.88. The van der Waals surface area contributed by atoms with Crippen molar-refractivity contribution in [3.8, 4) is 5.75 Å². The van der Waals surface area contributed by atoms with Gasteiger partial charge in [0.25, 0.3) is 5.91 Å². The highest BCUT2D eigenvalue weighted by Gasteiger charge is 2.14. The van der Waals surface area contributed by atoms with Crippen LogP contribution >= 0.6 is 11.3 Å². The smallest absolute Gasteiger partial charge is 0.265 e. The van der Waals surface area contributed by atoms with Crippen LogP contribution < -0.4 is 0 Å². The summed E-state index contributed by atoms with van der Waals surface area (Å²) in [6.45, 7) is 2.39. The molecule has 0 aliphatic rings. The quantitative estimate of drug-likeness (QED) is 0.924. The molecule has 0 saturated carbocycles. The van der Waals surface area contributed by atoms with Crippen LogP contribution in [0.25, 0.3) is 0 Å². The van der Waals surface area contributed by atoms with Gasteiger partial charge in [-0.3, -0.25) is 4.79 Å². The molecule has 0 fully saturated rings. The molecule has 0 atom stereocenters. The Kier molecular flexibility index (Phi) is 3.62. The second-order valence-corrected chi connectivity index (χ2v) is 5.31. The van der Waals surface area contributed by atoms with Crippen LogP contribution in [0.2, 0.25) is 0 Å². The number of benzene rings is 1. The number of nitrogens with zero attached hydrogens (tertiary/aromatic N) is 2. The van der Waals surface area contributed by atoms with Gasteiger partial charge in [0.1, 0.15) is 10.6 Å². The molecule has 5 heteroatoms. The number of carbonyl (C=O) groups is 1. The van der Waals surface area contributed by atoms with Crippen molar-refractivity contribution in [2.45, 2.75) is 13.5 Å². The Bertz CT molecular complexity index is 548. The van der Waals surface area contributed by atoms with Crippen LogP contribution in [0.15, 0.2) is 30.5 Å². The highest BCUT2D eigenvalue weighted by Crippen LogP contribution is 2.16. The molecule has 1 aromatic heterocycles. The van der Waals surface area contributed by atoms with E-state index in [4.69, 9.17) is 0 Å². The lowest BCUT2D eigenvalue weighted by Crippen LogP contribution is -2.25. The fourth-order valence-electron chi connectivity index (χ4n) is 1.60. The van der Waals surface area contributed by atoms with Crippen molar-refractivity contribution >= 4 is 17.2 Å². The lowest BCUT2D eigenvalue weighted by molar-refractivity contribution is 0.0789. The van der Waals surface area contributed by atoms with E-state index in [1.165, 1.54) is 11.3 Å². The fraction of sp³-hybridized carbons (Fsp3) is 0.231. The summed E-state index contributed by atoms with van der Waals surface area (Å²) < 4.78 is 0. The zero-order valence-electron chi connectivity index (χ0n) is 10.3. The monoisotopic (exact) mass is 262 g/mol. The average Bonchev–Trinajstić information content (AvgIpc) is 2.78. The van der Waals surface area contributed by atoms with Crippen LogP contribution in [0.5, 0.6) is 5.75 Å². The normalized spacial score (nSPS) is 10.3. The molecule has 2 aromatic rings. The number of aryl methyl sites for hydroxylation is 1. The third kappa shape index (κ3) is 2.87. The van der Waals surface area contributed by atoms with Gasteiger partial charge in [0, 0.05) is 13.6 Å². The number of phenols is 1. The second-order valence-electron chi connectivity index (χ2n) is 4.07. The van der Waals surface area contributed by atoms with Crippen molar-refractivity contribution in [1.82, 2.24) is 9.88 Å². The number of amides is 1. The molecule has 0 aliphatic heterocycles. The Balaban J connectivity index is 2.05. The van der Waals surface area contributed by atoms with Gasteiger partial charge >= 0.3 is 0 Å². The molecule has 0 bridgehead atoms. The molecular formula is C13H14N2O2S. The van der Waals surface area contributed by atoms with Gasteiger partial charge in [0.15, 0.2) is 0 Å². The Labute approximate surface area is 110 Å². The number of hydrogen-bond acceptors (Lipinski definition) is 4. The second kappa shape index (κ2) is 5.18. The van der Waals surface area contributed by atoms with E-state index < -0.39 is 0 Å². The molecule has 94 valence electrons. The standard InChI is InChI=1S/C13H14N2O2S/c1-9-14-7-12(18-9)13(17)15(2)8-10-3-5-11(16)6-4-10/h3-7,16H,8H2,1-2H3. The number of aromatic hydroxyl groups is 1. The Morgan fingerprint density at radius 2 is 2.06 bits per heavy atom. The number of hydrogen-bond donors (Lipinski definition) is 1. The third-order valence-corrected chi connectivity index (χ3v) is 3.44. The minimum Gasteiger partial charge on any atom is -0.508 e. The Morgan fingerprint density at radius 3 is 2.61 bits per heavy atom. The maximum Gasteiger partial charge on any atom is 0.265 e. The van der Waals surface area contributed by atoms with Crippen LogP contribution in [0, 0.1) is 6.92 Å². The summed E-state index contributed by atoms with van der Waals surface area (Å²) in [6, 6.07) is 6.84. The summed E-state index contributed by atoms with van der Waals surface area (Å²) >= 11 is 1.39. The van der Waals surface area contributed by atoms with E-state index in [0.29, 0.717) is 11.4 Å². The van der Waals surface area contributed by atoms with Crippen molar-refractivity contribution in [3.63, 3.8) is 0 Å². The molecular weight excluding hydrogens is 248 g/mol. The molecule has 0 aliphatic carbocycles. The van der Waals surface area contributed by atoms with Gasteiger partial charge in [-0.25, -0.2) is 4.98 Å². The predicted octanol–water partition coefficient (Wildman–Crippen LogP) is 2.43. The summed E-state index contributed by atoms with van der Waals surface area (Å²) in [7, 11) is 1.75. The van der Waals surface area contributed by atoms with E-state index in [2.05, 4.69) is 4.98 Å². The fourth-order valence-corrected chi connectivity index (χ4v) is 2.37. The first-order valence-corrected chi connectivity index (χ1v) is 6.33. The summed E-state index contributed by atoms with van der Waals surface area (Å²) in [5.41, 5.74) is 0.977. The molecule has 0 saturated heterocycles. The van der Waals surface area contributed by atoms with Crippen molar-refractivity contribution in [2.24, 2.45) is 0 Å². The number of aromatic nitrogens is 1. The molecule has 1 N–H and O–H groups in total. The van der Waals surface area contributed by atoms with Crippen LogP contribution in [-0.2, 0) is 6.54 Å². The molecule has 0 unspecified atom stereocenters. The number of thiazole rings is 1. The van der Waals surface area contributed by atoms with Gasteiger partial charge in [-0.1, -0.05) is 12.1 Å². The lowest BCUT2D eigenvalue weighted by Gasteiger charge is -2.16. The van der Waals surface area contributed by atoms with E-state index in [0.717, 1.165) is 10.6 Å². The zero-order valence-corrected chi connectivity index (χ0v) is 11.1. The summed E-state index contributed by atoms with van der Waals surface area (Å²) in [6.07, 6.45) is 1.61. The summed E-state index contributed by atoms with van der Waals surface area (Å²) in [4.78, 5) is 18.4.